The van der Waals surface area contributed by atoms with Crippen molar-refractivity contribution in [3.63, 3.8) is 0 Å². The lowest BCUT2D eigenvalue weighted by molar-refractivity contribution is 0.512. The van der Waals surface area contributed by atoms with Gasteiger partial charge < -0.3 is 10.6 Å². The predicted octanol–water partition coefficient (Wildman–Crippen LogP) is 2.99. The summed E-state index contributed by atoms with van der Waals surface area (Å²) in [4.78, 5) is 8.11. The van der Waals surface area contributed by atoms with E-state index in [1.54, 1.807) is 0 Å². The SMILES string of the molecule is CCCNc1ncc(F)c(NCC2CCSCC2)n1. The second-order valence-electron chi connectivity index (χ2n) is 4.75. The van der Waals surface area contributed by atoms with Gasteiger partial charge >= 0.3 is 0 Å². The van der Waals surface area contributed by atoms with Gasteiger partial charge in [-0.3, -0.25) is 0 Å². The molecule has 1 aliphatic rings. The van der Waals surface area contributed by atoms with Crippen molar-refractivity contribution >= 4 is 23.5 Å². The summed E-state index contributed by atoms with van der Waals surface area (Å²) < 4.78 is 13.6. The molecule has 1 aromatic rings. The van der Waals surface area contributed by atoms with Crippen molar-refractivity contribution in [3.8, 4) is 0 Å². The van der Waals surface area contributed by atoms with Gasteiger partial charge in [0.2, 0.25) is 5.95 Å². The summed E-state index contributed by atoms with van der Waals surface area (Å²) in [5.74, 6) is 3.47. The highest BCUT2D eigenvalue weighted by Gasteiger charge is 2.15. The summed E-state index contributed by atoms with van der Waals surface area (Å²) in [7, 11) is 0. The number of halogens is 1. The lowest BCUT2D eigenvalue weighted by Gasteiger charge is -2.21. The lowest BCUT2D eigenvalue weighted by atomic mass is 10.0. The highest BCUT2D eigenvalue weighted by atomic mass is 32.2. The molecule has 0 saturated carbocycles. The molecule has 2 N–H and O–H groups in total. The Morgan fingerprint density at radius 2 is 2.16 bits per heavy atom. The molecule has 0 radical (unpaired) electrons. The highest BCUT2D eigenvalue weighted by molar-refractivity contribution is 7.99. The van der Waals surface area contributed by atoms with Crippen molar-refractivity contribution in [2.45, 2.75) is 26.2 Å². The smallest absolute Gasteiger partial charge is 0.224 e. The normalized spacial score (nSPS) is 16.3. The molecule has 6 heteroatoms. The number of nitrogens with zero attached hydrogens (tertiary/aromatic N) is 2. The van der Waals surface area contributed by atoms with Crippen LogP contribution in [0.15, 0.2) is 6.20 Å². The molecule has 0 aromatic carbocycles. The molecule has 1 aromatic heterocycles. The van der Waals surface area contributed by atoms with Gasteiger partial charge in [-0.15, -0.1) is 0 Å². The second-order valence-corrected chi connectivity index (χ2v) is 5.98. The first kappa shape index (κ1) is 14.4. The number of aromatic nitrogens is 2. The Morgan fingerprint density at radius 1 is 1.37 bits per heavy atom. The van der Waals surface area contributed by atoms with E-state index in [-0.39, 0.29) is 5.82 Å². The lowest BCUT2D eigenvalue weighted by Crippen LogP contribution is -2.20. The van der Waals surface area contributed by atoms with Crippen LogP contribution in [0.3, 0.4) is 0 Å². The van der Waals surface area contributed by atoms with Crippen molar-refractivity contribution in [1.29, 1.82) is 0 Å². The molecule has 4 nitrogen and oxygen atoms in total. The number of hydrogen-bond acceptors (Lipinski definition) is 5. The summed E-state index contributed by atoms with van der Waals surface area (Å²) >= 11 is 2.00. The largest absolute Gasteiger partial charge is 0.367 e. The Bertz CT molecular complexity index is 396. The predicted molar refractivity (Wildman–Crippen MR) is 79.3 cm³/mol. The van der Waals surface area contributed by atoms with Crippen LogP contribution in [-0.4, -0.2) is 34.6 Å². The number of nitrogens with one attached hydrogen (secondary N) is 2. The Balaban J connectivity index is 1.90. The van der Waals surface area contributed by atoms with E-state index < -0.39 is 0 Å². The number of rotatable bonds is 6. The average Bonchev–Trinajstić information content (AvgIpc) is 2.46. The van der Waals surface area contributed by atoms with Crippen molar-refractivity contribution in [2.24, 2.45) is 5.92 Å². The summed E-state index contributed by atoms with van der Waals surface area (Å²) in [6.45, 7) is 3.66. The maximum Gasteiger partial charge on any atom is 0.224 e. The molecule has 1 aliphatic heterocycles. The fourth-order valence-electron chi connectivity index (χ4n) is 2.00. The van der Waals surface area contributed by atoms with Crippen molar-refractivity contribution < 1.29 is 4.39 Å². The molecule has 1 fully saturated rings. The number of hydrogen-bond donors (Lipinski definition) is 2. The van der Waals surface area contributed by atoms with E-state index in [1.165, 1.54) is 30.5 Å². The quantitative estimate of drug-likeness (QED) is 0.841. The van der Waals surface area contributed by atoms with E-state index in [1.807, 2.05) is 11.8 Å². The minimum atomic E-state index is -0.382. The summed E-state index contributed by atoms with van der Waals surface area (Å²) in [6, 6.07) is 0. The van der Waals surface area contributed by atoms with Crippen LogP contribution >= 0.6 is 11.8 Å². The zero-order valence-corrected chi connectivity index (χ0v) is 12.1. The van der Waals surface area contributed by atoms with E-state index in [0.717, 1.165) is 19.5 Å². The highest BCUT2D eigenvalue weighted by Crippen LogP contribution is 2.23. The minimum Gasteiger partial charge on any atom is -0.367 e. The Labute approximate surface area is 118 Å². The second kappa shape index (κ2) is 7.53. The molecule has 0 atom stereocenters. The summed E-state index contributed by atoms with van der Waals surface area (Å²) in [5.41, 5.74) is 0. The van der Waals surface area contributed by atoms with Gasteiger partial charge in [0.05, 0.1) is 6.20 Å². The van der Waals surface area contributed by atoms with Gasteiger partial charge in [0.25, 0.3) is 0 Å². The average molecular weight is 284 g/mol. The molecule has 2 rings (SSSR count). The van der Waals surface area contributed by atoms with Crippen LogP contribution in [0.5, 0.6) is 0 Å². The Morgan fingerprint density at radius 3 is 2.89 bits per heavy atom. The molecule has 106 valence electrons. The van der Waals surface area contributed by atoms with Crippen LogP contribution in [0, 0.1) is 11.7 Å². The Hall–Kier alpha value is -1.04. The summed E-state index contributed by atoms with van der Waals surface area (Å²) in [5, 5.41) is 6.19. The zero-order chi connectivity index (χ0) is 13.5. The van der Waals surface area contributed by atoms with E-state index >= 15 is 0 Å². The van der Waals surface area contributed by atoms with Crippen molar-refractivity contribution in [2.75, 3.05) is 35.2 Å². The van der Waals surface area contributed by atoms with Gasteiger partial charge in [0.1, 0.15) is 0 Å². The molecule has 0 amide bonds. The molecule has 19 heavy (non-hydrogen) atoms. The first-order valence-electron chi connectivity index (χ1n) is 6.87. The van der Waals surface area contributed by atoms with Crippen LogP contribution in [0.25, 0.3) is 0 Å². The van der Waals surface area contributed by atoms with Crippen LogP contribution < -0.4 is 10.6 Å². The van der Waals surface area contributed by atoms with Crippen LogP contribution in [0.2, 0.25) is 0 Å². The molecule has 1 saturated heterocycles. The van der Waals surface area contributed by atoms with E-state index in [0.29, 0.717) is 17.7 Å². The first-order valence-corrected chi connectivity index (χ1v) is 8.03. The van der Waals surface area contributed by atoms with Crippen LogP contribution in [0.4, 0.5) is 16.2 Å². The monoisotopic (exact) mass is 284 g/mol. The molecule has 0 bridgehead atoms. The van der Waals surface area contributed by atoms with Crippen LogP contribution in [-0.2, 0) is 0 Å². The maximum absolute atomic E-state index is 13.6. The fraction of sp³-hybridized carbons (Fsp3) is 0.692. The van der Waals surface area contributed by atoms with E-state index in [9.17, 15) is 4.39 Å². The van der Waals surface area contributed by atoms with Crippen molar-refractivity contribution in [3.05, 3.63) is 12.0 Å². The van der Waals surface area contributed by atoms with E-state index in [4.69, 9.17) is 0 Å². The first-order chi connectivity index (χ1) is 9.29. The van der Waals surface area contributed by atoms with Gasteiger partial charge in [-0.1, -0.05) is 6.92 Å². The topological polar surface area (TPSA) is 49.8 Å². The molecular weight excluding hydrogens is 263 g/mol. The fourth-order valence-corrected chi connectivity index (χ4v) is 3.21. The molecular formula is C13H21FN4S. The number of thioether (sulfide) groups is 1. The molecule has 0 aliphatic carbocycles. The maximum atomic E-state index is 13.6. The standard InChI is InChI=1S/C13H21FN4S/c1-2-5-15-13-17-9-11(14)12(18-13)16-8-10-3-6-19-7-4-10/h9-10H,2-8H2,1H3,(H2,15,16,17,18). The Kier molecular flexibility index (Phi) is 5.69. The van der Waals surface area contributed by atoms with Crippen molar-refractivity contribution in [1.82, 2.24) is 9.97 Å². The summed E-state index contributed by atoms with van der Waals surface area (Å²) in [6.07, 6.45) is 4.61. The third-order valence-electron chi connectivity index (χ3n) is 3.18. The van der Waals surface area contributed by atoms with Gasteiger partial charge in [0, 0.05) is 13.1 Å². The third-order valence-corrected chi connectivity index (χ3v) is 4.23. The molecule has 2 heterocycles. The minimum absolute atomic E-state index is 0.312. The van der Waals surface area contributed by atoms with Gasteiger partial charge in [-0.05, 0) is 36.7 Å². The van der Waals surface area contributed by atoms with E-state index in [2.05, 4.69) is 27.5 Å². The van der Waals surface area contributed by atoms with Gasteiger partial charge in [-0.25, -0.2) is 9.37 Å². The molecule has 0 spiro atoms. The van der Waals surface area contributed by atoms with Gasteiger partial charge in [0.15, 0.2) is 11.6 Å². The number of anilines is 2. The van der Waals surface area contributed by atoms with Gasteiger partial charge in [-0.2, -0.15) is 16.7 Å². The van der Waals surface area contributed by atoms with Crippen LogP contribution in [0.1, 0.15) is 26.2 Å². The zero-order valence-electron chi connectivity index (χ0n) is 11.3. The molecule has 0 unspecified atom stereocenters. The third kappa shape index (κ3) is 4.53.